The smallest absolute Gasteiger partial charge is 0.271 e. The van der Waals surface area contributed by atoms with Gasteiger partial charge in [-0.15, -0.1) is 0 Å². The molecule has 0 aliphatic rings. The topological polar surface area (TPSA) is 67.5 Å². The van der Waals surface area contributed by atoms with E-state index in [-0.39, 0.29) is 5.91 Å². The highest BCUT2D eigenvalue weighted by Gasteiger charge is 2.01. The number of nitrogens with two attached hydrogens (primary N) is 1. The van der Waals surface area contributed by atoms with Crippen molar-refractivity contribution in [2.24, 2.45) is 5.10 Å². The van der Waals surface area contributed by atoms with Crippen LogP contribution in [-0.4, -0.2) is 12.1 Å². The van der Waals surface area contributed by atoms with Crippen LogP contribution in [0.1, 0.15) is 15.9 Å². The van der Waals surface area contributed by atoms with Gasteiger partial charge in [0.1, 0.15) is 0 Å². The molecule has 4 heteroatoms. The average molecular weight is 239 g/mol. The second-order valence-corrected chi connectivity index (χ2v) is 3.73. The lowest BCUT2D eigenvalue weighted by Gasteiger charge is -1.99. The summed E-state index contributed by atoms with van der Waals surface area (Å²) in [6.45, 7) is 0. The molecule has 0 saturated heterocycles. The van der Waals surface area contributed by atoms with Gasteiger partial charge in [0.05, 0.1) is 6.21 Å². The minimum Gasteiger partial charge on any atom is -0.399 e. The Labute approximate surface area is 105 Å². The van der Waals surface area contributed by atoms with Crippen LogP contribution in [0.2, 0.25) is 0 Å². The average Bonchev–Trinajstić information content (AvgIpc) is 2.42. The van der Waals surface area contributed by atoms with Crippen LogP contribution >= 0.6 is 0 Å². The molecule has 90 valence electrons. The standard InChI is InChI=1S/C14H13N3O/c15-13-8-6-11(7-9-13)10-16-17-14(18)12-4-2-1-3-5-12/h1-10H,15H2,(H,17,18). The second kappa shape index (κ2) is 5.63. The van der Waals surface area contributed by atoms with Crippen LogP contribution in [-0.2, 0) is 0 Å². The molecule has 2 rings (SSSR count). The van der Waals surface area contributed by atoms with Gasteiger partial charge in [-0.3, -0.25) is 4.79 Å². The number of hydrogen-bond donors (Lipinski definition) is 2. The van der Waals surface area contributed by atoms with E-state index < -0.39 is 0 Å². The van der Waals surface area contributed by atoms with Crippen LogP contribution in [0.4, 0.5) is 5.69 Å². The summed E-state index contributed by atoms with van der Waals surface area (Å²) < 4.78 is 0. The number of rotatable bonds is 3. The summed E-state index contributed by atoms with van der Waals surface area (Å²) in [5, 5.41) is 3.88. The molecule has 2 aromatic rings. The number of amides is 1. The van der Waals surface area contributed by atoms with E-state index in [4.69, 9.17) is 5.73 Å². The first-order chi connectivity index (χ1) is 8.75. The molecule has 0 fully saturated rings. The molecule has 0 atom stereocenters. The van der Waals surface area contributed by atoms with Gasteiger partial charge in [0, 0.05) is 11.3 Å². The van der Waals surface area contributed by atoms with Gasteiger partial charge in [-0.05, 0) is 29.8 Å². The van der Waals surface area contributed by atoms with Gasteiger partial charge in [-0.2, -0.15) is 5.10 Å². The summed E-state index contributed by atoms with van der Waals surface area (Å²) in [7, 11) is 0. The number of nitrogens with one attached hydrogen (secondary N) is 1. The van der Waals surface area contributed by atoms with Gasteiger partial charge in [0.25, 0.3) is 5.91 Å². The van der Waals surface area contributed by atoms with Crippen molar-refractivity contribution in [3.8, 4) is 0 Å². The fourth-order valence-electron chi connectivity index (χ4n) is 1.40. The van der Waals surface area contributed by atoms with Crippen LogP contribution in [0.3, 0.4) is 0 Å². The van der Waals surface area contributed by atoms with Crippen molar-refractivity contribution >= 4 is 17.8 Å². The van der Waals surface area contributed by atoms with Crippen molar-refractivity contribution in [1.29, 1.82) is 0 Å². The van der Waals surface area contributed by atoms with Crippen LogP contribution in [0.5, 0.6) is 0 Å². The van der Waals surface area contributed by atoms with Crippen molar-refractivity contribution < 1.29 is 4.79 Å². The maximum atomic E-state index is 11.6. The van der Waals surface area contributed by atoms with Gasteiger partial charge < -0.3 is 5.73 Å². The summed E-state index contributed by atoms with van der Waals surface area (Å²) in [4.78, 5) is 11.6. The van der Waals surface area contributed by atoms with Gasteiger partial charge in [-0.1, -0.05) is 30.3 Å². The van der Waals surface area contributed by atoms with Gasteiger partial charge >= 0.3 is 0 Å². The lowest BCUT2D eigenvalue weighted by molar-refractivity contribution is 0.0955. The zero-order valence-electron chi connectivity index (χ0n) is 9.71. The van der Waals surface area contributed by atoms with Crippen LogP contribution in [0.25, 0.3) is 0 Å². The Balaban J connectivity index is 1.96. The number of nitrogen functional groups attached to an aromatic ring is 1. The van der Waals surface area contributed by atoms with E-state index >= 15 is 0 Å². The molecule has 0 saturated carbocycles. The molecule has 0 unspecified atom stereocenters. The molecule has 4 nitrogen and oxygen atoms in total. The van der Waals surface area contributed by atoms with E-state index in [2.05, 4.69) is 10.5 Å². The summed E-state index contributed by atoms with van der Waals surface area (Å²) in [5.41, 5.74) is 10.2. The molecule has 0 spiro atoms. The number of carbonyl (C=O) groups excluding carboxylic acids is 1. The first kappa shape index (κ1) is 11.9. The maximum absolute atomic E-state index is 11.6. The van der Waals surface area contributed by atoms with Crippen LogP contribution in [0.15, 0.2) is 59.7 Å². The Hall–Kier alpha value is -2.62. The van der Waals surface area contributed by atoms with Crippen molar-refractivity contribution in [2.75, 3.05) is 5.73 Å². The highest BCUT2D eigenvalue weighted by atomic mass is 16.2. The Bertz CT molecular complexity index is 547. The molecule has 3 N–H and O–H groups in total. The van der Waals surface area contributed by atoms with Crippen LogP contribution in [0, 0.1) is 0 Å². The Morgan fingerprint density at radius 1 is 1.06 bits per heavy atom. The SMILES string of the molecule is Nc1ccc(C=NNC(=O)c2ccccc2)cc1. The molecule has 2 aromatic carbocycles. The highest BCUT2D eigenvalue weighted by Crippen LogP contribution is 2.03. The van der Waals surface area contributed by atoms with Crippen molar-refractivity contribution in [3.05, 3.63) is 65.7 Å². The molecular formula is C14H13N3O. The van der Waals surface area contributed by atoms with E-state index in [9.17, 15) is 4.79 Å². The quantitative estimate of drug-likeness (QED) is 0.489. The van der Waals surface area contributed by atoms with Crippen LogP contribution < -0.4 is 11.2 Å². The monoisotopic (exact) mass is 239 g/mol. The van der Waals surface area contributed by atoms with Gasteiger partial charge in [-0.25, -0.2) is 5.43 Å². The third-order valence-corrected chi connectivity index (χ3v) is 2.35. The molecule has 0 aliphatic carbocycles. The van der Waals surface area contributed by atoms with E-state index in [1.165, 1.54) is 0 Å². The summed E-state index contributed by atoms with van der Waals surface area (Å²) in [6, 6.07) is 16.1. The minimum absolute atomic E-state index is 0.234. The molecule has 0 radical (unpaired) electrons. The number of benzene rings is 2. The number of hydrogen-bond acceptors (Lipinski definition) is 3. The minimum atomic E-state index is -0.234. The third kappa shape index (κ3) is 3.18. The largest absolute Gasteiger partial charge is 0.399 e. The van der Waals surface area contributed by atoms with Crippen molar-refractivity contribution in [2.45, 2.75) is 0 Å². The summed E-state index contributed by atoms with van der Waals surface area (Å²) in [5.74, 6) is -0.234. The molecule has 0 heterocycles. The molecular weight excluding hydrogens is 226 g/mol. The van der Waals surface area contributed by atoms with E-state index in [1.54, 1.807) is 42.6 Å². The summed E-state index contributed by atoms with van der Waals surface area (Å²) >= 11 is 0. The number of nitrogens with zero attached hydrogens (tertiary/aromatic N) is 1. The first-order valence-electron chi connectivity index (χ1n) is 5.50. The zero-order chi connectivity index (χ0) is 12.8. The Kier molecular flexibility index (Phi) is 3.71. The van der Waals surface area contributed by atoms with E-state index in [1.807, 2.05) is 18.2 Å². The second-order valence-electron chi connectivity index (χ2n) is 3.73. The van der Waals surface area contributed by atoms with E-state index in [0.29, 0.717) is 11.3 Å². The van der Waals surface area contributed by atoms with E-state index in [0.717, 1.165) is 5.56 Å². The lowest BCUT2D eigenvalue weighted by atomic mass is 10.2. The third-order valence-electron chi connectivity index (χ3n) is 2.35. The molecule has 0 bridgehead atoms. The van der Waals surface area contributed by atoms with Crippen molar-refractivity contribution in [1.82, 2.24) is 5.43 Å². The zero-order valence-corrected chi connectivity index (χ0v) is 9.71. The highest BCUT2D eigenvalue weighted by molar-refractivity contribution is 5.94. The van der Waals surface area contributed by atoms with Gasteiger partial charge in [0.2, 0.25) is 0 Å². The van der Waals surface area contributed by atoms with Crippen molar-refractivity contribution in [3.63, 3.8) is 0 Å². The fraction of sp³-hybridized carbons (Fsp3) is 0. The predicted molar refractivity (Wildman–Crippen MR) is 72.4 cm³/mol. The predicted octanol–water partition coefficient (Wildman–Crippen LogP) is 2.03. The Morgan fingerprint density at radius 2 is 1.72 bits per heavy atom. The lowest BCUT2D eigenvalue weighted by Crippen LogP contribution is -2.17. The maximum Gasteiger partial charge on any atom is 0.271 e. The Morgan fingerprint density at radius 3 is 2.39 bits per heavy atom. The first-order valence-corrected chi connectivity index (χ1v) is 5.50. The number of hydrazone groups is 1. The molecule has 0 aromatic heterocycles. The number of carbonyl (C=O) groups is 1. The molecule has 1 amide bonds. The number of anilines is 1. The fourth-order valence-corrected chi connectivity index (χ4v) is 1.40. The van der Waals surface area contributed by atoms with Gasteiger partial charge in [0.15, 0.2) is 0 Å². The normalized spacial score (nSPS) is 10.4. The molecule has 0 aliphatic heterocycles. The summed E-state index contributed by atoms with van der Waals surface area (Å²) in [6.07, 6.45) is 1.57. The molecule has 18 heavy (non-hydrogen) atoms.